The van der Waals surface area contributed by atoms with Gasteiger partial charge in [-0.2, -0.15) is 5.10 Å². The maximum absolute atomic E-state index is 12.1. The molecule has 0 saturated heterocycles. The number of amides is 1. The number of carbonyl (C=O) groups is 1. The molecule has 2 aliphatic rings. The zero-order valence-electron chi connectivity index (χ0n) is 9.76. The van der Waals surface area contributed by atoms with Gasteiger partial charge in [-0.1, -0.05) is 0 Å². The summed E-state index contributed by atoms with van der Waals surface area (Å²) in [4.78, 5) is 12.1. The van der Waals surface area contributed by atoms with Crippen LogP contribution in [0.25, 0.3) is 10.9 Å². The van der Waals surface area contributed by atoms with E-state index in [0.717, 1.165) is 35.0 Å². The van der Waals surface area contributed by atoms with Crippen molar-refractivity contribution in [3.05, 3.63) is 23.9 Å². The predicted molar refractivity (Wildman–Crippen MR) is 66.0 cm³/mol. The van der Waals surface area contributed by atoms with E-state index in [4.69, 9.17) is 0 Å². The summed E-state index contributed by atoms with van der Waals surface area (Å²) in [5.74, 6) is 0.448. The van der Waals surface area contributed by atoms with Crippen LogP contribution in [0.15, 0.2) is 18.3 Å². The van der Waals surface area contributed by atoms with Crippen molar-refractivity contribution in [3.8, 4) is 0 Å². The molecule has 1 aromatic carbocycles. The number of hydrogen-bond donors (Lipinski definition) is 2. The lowest BCUT2D eigenvalue weighted by Gasteiger charge is -2.24. The van der Waals surface area contributed by atoms with Gasteiger partial charge in [0.25, 0.3) is 0 Å². The van der Waals surface area contributed by atoms with E-state index in [-0.39, 0.29) is 18.6 Å². The Balaban J connectivity index is 1.98. The standard InChI is InChI=1S/C13H13N3O2/c17-6-7-3-9-5-14-16-11(9)10(4-7)15-13(18)12(16)8-1-2-8/h3-5,8,12,17H,1-2,6H2,(H,15,18). The largest absolute Gasteiger partial charge is 0.392 e. The van der Waals surface area contributed by atoms with E-state index in [0.29, 0.717) is 5.92 Å². The molecule has 1 atom stereocenters. The number of benzene rings is 1. The van der Waals surface area contributed by atoms with Gasteiger partial charge in [0, 0.05) is 5.39 Å². The summed E-state index contributed by atoms with van der Waals surface area (Å²) >= 11 is 0. The van der Waals surface area contributed by atoms with E-state index < -0.39 is 0 Å². The molecule has 2 N–H and O–H groups in total. The van der Waals surface area contributed by atoms with Crippen LogP contribution in [0.2, 0.25) is 0 Å². The Morgan fingerprint density at radius 2 is 2.28 bits per heavy atom. The summed E-state index contributed by atoms with van der Waals surface area (Å²) in [6.45, 7) is -0.0317. The first-order valence-corrected chi connectivity index (χ1v) is 6.20. The Morgan fingerprint density at radius 1 is 1.44 bits per heavy atom. The number of nitrogens with one attached hydrogen (secondary N) is 1. The minimum Gasteiger partial charge on any atom is -0.392 e. The Morgan fingerprint density at radius 3 is 3.00 bits per heavy atom. The molecule has 2 heterocycles. The predicted octanol–water partition coefficient (Wildman–Crippen LogP) is 1.43. The molecular weight excluding hydrogens is 230 g/mol. The fourth-order valence-electron chi connectivity index (χ4n) is 2.80. The molecule has 18 heavy (non-hydrogen) atoms. The smallest absolute Gasteiger partial charge is 0.249 e. The second kappa shape index (κ2) is 3.32. The molecule has 1 aromatic heterocycles. The normalized spacial score (nSPS) is 22.3. The van der Waals surface area contributed by atoms with E-state index in [1.165, 1.54) is 0 Å². The van der Waals surface area contributed by atoms with E-state index in [2.05, 4.69) is 10.4 Å². The van der Waals surface area contributed by atoms with Gasteiger partial charge in [-0.25, -0.2) is 4.68 Å². The van der Waals surface area contributed by atoms with Crippen LogP contribution in [0.1, 0.15) is 24.4 Å². The SMILES string of the molecule is O=C1Nc2cc(CO)cc3cnn(c23)C1C1CC1. The lowest BCUT2D eigenvalue weighted by molar-refractivity contribution is -0.120. The van der Waals surface area contributed by atoms with Crippen LogP contribution >= 0.6 is 0 Å². The van der Waals surface area contributed by atoms with Crippen molar-refractivity contribution >= 4 is 22.5 Å². The maximum atomic E-state index is 12.1. The highest BCUT2D eigenvalue weighted by atomic mass is 16.3. The molecule has 4 rings (SSSR count). The summed E-state index contributed by atoms with van der Waals surface area (Å²) in [6.07, 6.45) is 3.97. The Hall–Kier alpha value is -1.88. The van der Waals surface area contributed by atoms with Crippen molar-refractivity contribution in [2.45, 2.75) is 25.5 Å². The van der Waals surface area contributed by atoms with Gasteiger partial charge < -0.3 is 10.4 Å². The molecule has 0 radical (unpaired) electrons. The van der Waals surface area contributed by atoms with Crippen LogP contribution in [0, 0.1) is 5.92 Å². The fourth-order valence-corrected chi connectivity index (χ4v) is 2.80. The van der Waals surface area contributed by atoms with E-state index in [9.17, 15) is 9.90 Å². The highest BCUT2D eigenvalue weighted by Crippen LogP contribution is 2.44. The Bertz CT molecular complexity index is 658. The zero-order chi connectivity index (χ0) is 12.3. The maximum Gasteiger partial charge on any atom is 0.249 e. The molecular formula is C13H13N3O2. The van der Waals surface area contributed by atoms with Crippen LogP contribution < -0.4 is 5.32 Å². The average molecular weight is 243 g/mol. The van der Waals surface area contributed by atoms with Crippen molar-refractivity contribution < 1.29 is 9.90 Å². The lowest BCUT2D eigenvalue weighted by atomic mass is 10.1. The second-order valence-electron chi connectivity index (χ2n) is 5.10. The van der Waals surface area contributed by atoms with Crippen LogP contribution in [0.4, 0.5) is 5.69 Å². The van der Waals surface area contributed by atoms with Gasteiger partial charge in [-0.15, -0.1) is 0 Å². The molecule has 0 spiro atoms. The van der Waals surface area contributed by atoms with Gasteiger partial charge in [-0.3, -0.25) is 4.79 Å². The summed E-state index contributed by atoms with van der Waals surface area (Å²) < 4.78 is 1.85. The van der Waals surface area contributed by atoms with Crippen molar-refractivity contribution in [2.75, 3.05) is 5.32 Å². The van der Waals surface area contributed by atoms with Gasteiger partial charge in [-0.05, 0) is 36.5 Å². The summed E-state index contributed by atoms with van der Waals surface area (Å²) in [7, 11) is 0. The second-order valence-corrected chi connectivity index (χ2v) is 5.10. The zero-order valence-corrected chi connectivity index (χ0v) is 9.76. The van der Waals surface area contributed by atoms with Crippen molar-refractivity contribution in [1.82, 2.24) is 9.78 Å². The van der Waals surface area contributed by atoms with Crippen molar-refractivity contribution in [1.29, 1.82) is 0 Å². The monoisotopic (exact) mass is 243 g/mol. The molecule has 1 fully saturated rings. The first kappa shape index (κ1) is 10.1. The van der Waals surface area contributed by atoms with Crippen LogP contribution in [-0.2, 0) is 11.4 Å². The van der Waals surface area contributed by atoms with Crippen molar-refractivity contribution in [3.63, 3.8) is 0 Å². The number of aliphatic hydroxyl groups excluding tert-OH is 1. The molecule has 1 aliphatic carbocycles. The minimum atomic E-state index is -0.157. The highest BCUT2D eigenvalue weighted by molar-refractivity contribution is 6.06. The molecule has 1 amide bonds. The van der Waals surface area contributed by atoms with Crippen LogP contribution in [0.3, 0.4) is 0 Å². The van der Waals surface area contributed by atoms with Crippen LogP contribution in [-0.4, -0.2) is 20.8 Å². The third kappa shape index (κ3) is 1.25. The highest BCUT2D eigenvalue weighted by Gasteiger charge is 2.41. The Labute approximate surface area is 103 Å². The number of hydrogen-bond acceptors (Lipinski definition) is 3. The molecule has 5 nitrogen and oxygen atoms in total. The number of anilines is 1. The number of aromatic nitrogens is 2. The molecule has 5 heteroatoms. The first-order chi connectivity index (χ1) is 8.78. The van der Waals surface area contributed by atoms with Gasteiger partial charge in [0.05, 0.1) is 24.0 Å². The third-order valence-electron chi connectivity index (χ3n) is 3.79. The molecule has 1 unspecified atom stereocenters. The first-order valence-electron chi connectivity index (χ1n) is 6.20. The molecule has 1 aliphatic heterocycles. The van der Waals surface area contributed by atoms with Gasteiger partial charge >= 0.3 is 0 Å². The summed E-state index contributed by atoms with van der Waals surface area (Å²) in [5.41, 5.74) is 2.53. The molecule has 0 bridgehead atoms. The molecule has 1 saturated carbocycles. The van der Waals surface area contributed by atoms with Gasteiger partial charge in [0.15, 0.2) is 0 Å². The van der Waals surface area contributed by atoms with E-state index >= 15 is 0 Å². The number of carbonyl (C=O) groups excluding carboxylic acids is 1. The number of rotatable bonds is 2. The lowest BCUT2D eigenvalue weighted by Crippen LogP contribution is -2.32. The fraction of sp³-hybridized carbons (Fsp3) is 0.385. The van der Waals surface area contributed by atoms with E-state index in [1.54, 1.807) is 6.20 Å². The van der Waals surface area contributed by atoms with Crippen LogP contribution in [0.5, 0.6) is 0 Å². The average Bonchev–Trinajstić information content (AvgIpc) is 3.10. The summed E-state index contributed by atoms with van der Waals surface area (Å²) in [5, 5.41) is 17.5. The third-order valence-corrected chi connectivity index (χ3v) is 3.79. The topological polar surface area (TPSA) is 67.2 Å². The molecule has 2 aromatic rings. The number of aliphatic hydroxyl groups is 1. The van der Waals surface area contributed by atoms with Gasteiger partial charge in [0.1, 0.15) is 6.04 Å². The number of nitrogens with zero attached hydrogens (tertiary/aromatic N) is 2. The van der Waals surface area contributed by atoms with E-state index in [1.807, 2.05) is 16.8 Å². The quantitative estimate of drug-likeness (QED) is 0.838. The molecule has 92 valence electrons. The van der Waals surface area contributed by atoms with Gasteiger partial charge in [0.2, 0.25) is 5.91 Å². The summed E-state index contributed by atoms with van der Waals surface area (Å²) in [6, 6.07) is 3.58. The minimum absolute atomic E-state index is 0.0186. The Kier molecular flexibility index (Phi) is 1.86. The van der Waals surface area contributed by atoms with Crippen molar-refractivity contribution in [2.24, 2.45) is 5.92 Å².